The lowest BCUT2D eigenvalue weighted by Crippen LogP contribution is -2.18. The molecular weight excluding hydrogens is 211 g/mol. The van der Waals surface area contributed by atoms with Crippen LogP contribution < -0.4 is 15.8 Å². The lowest BCUT2D eigenvalue weighted by Gasteiger charge is -2.09. The van der Waals surface area contributed by atoms with E-state index >= 15 is 0 Å². The molecule has 0 unspecified atom stereocenters. The molecular formula is C11H15FN2O2. The van der Waals surface area contributed by atoms with Crippen LogP contribution in [0.4, 0.5) is 10.1 Å². The van der Waals surface area contributed by atoms with E-state index in [9.17, 15) is 9.18 Å². The molecule has 0 aliphatic heterocycles. The second-order valence-electron chi connectivity index (χ2n) is 3.28. The highest BCUT2D eigenvalue weighted by molar-refractivity contribution is 5.75. The van der Waals surface area contributed by atoms with E-state index in [4.69, 9.17) is 10.5 Å². The highest BCUT2D eigenvalue weighted by Gasteiger charge is 2.07. The van der Waals surface area contributed by atoms with Crippen LogP contribution in [0.3, 0.4) is 0 Å². The summed E-state index contributed by atoms with van der Waals surface area (Å²) < 4.78 is 18.4. The number of nitrogen functional groups attached to an aromatic ring is 1. The van der Waals surface area contributed by atoms with E-state index in [1.165, 1.54) is 12.1 Å². The SMILES string of the molecule is CNC(=O)CCCOc1c(N)cccc1F. The molecule has 0 aliphatic carbocycles. The number of para-hydroxylation sites is 1. The maximum absolute atomic E-state index is 13.2. The maximum atomic E-state index is 13.2. The van der Waals surface area contributed by atoms with Crippen LogP contribution >= 0.6 is 0 Å². The molecule has 16 heavy (non-hydrogen) atoms. The molecule has 0 spiro atoms. The van der Waals surface area contributed by atoms with Crippen molar-refractivity contribution >= 4 is 11.6 Å². The van der Waals surface area contributed by atoms with Crippen LogP contribution in [0.5, 0.6) is 5.75 Å². The summed E-state index contributed by atoms with van der Waals surface area (Å²) in [6.45, 7) is 0.262. The van der Waals surface area contributed by atoms with Gasteiger partial charge in [-0.05, 0) is 18.6 Å². The summed E-state index contributed by atoms with van der Waals surface area (Å²) in [6, 6.07) is 4.36. The number of nitrogens with one attached hydrogen (secondary N) is 1. The Kier molecular flexibility index (Phi) is 4.57. The minimum atomic E-state index is -0.486. The number of carbonyl (C=O) groups is 1. The molecule has 88 valence electrons. The van der Waals surface area contributed by atoms with Gasteiger partial charge in [-0.15, -0.1) is 0 Å². The molecule has 5 heteroatoms. The average Bonchev–Trinajstić information content (AvgIpc) is 2.27. The van der Waals surface area contributed by atoms with Crippen LogP contribution in [-0.2, 0) is 4.79 Å². The molecule has 0 atom stereocenters. The Morgan fingerprint density at radius 3 is 2.94 bits per heavy atom. The van der Waals surface area contributed by atoms with Crippen LogP contribution in [0.2, 0.25) is 0 Å². The summed E-state index contributed by atoms with van der Waals surface area (Å²) >= 11 is 0. The van der Waals surface area contributed by atoms with Crippen LogP contribution in [-0.4, -0.2) is 19.6 Å². The first-order valence-electron chi connectivity index (χ1n) is 5.02. The van der Waals surface area contributed by atoms with Gasteiger partial charge in [0.25, 0.3) is 0 Å². The molecule has 0 fully saturated rings. The number of anilines is 1. The second-order valence-corrected chi connectivity index (χ2v) is 3.28. The van der Waals surface area contributed by atoms with Crippen molar-refractivity contribution in [1.29, 1.82) is 0 Å². The Bertz CT molecular complexity index is 349. The van der Waals surface area contributed by atoms with Crippen molar-refractivity contribution in [3.05, 3.63) is 24.0 Å². The Morgan fingerprint density at radius 2 is 2.31 bits per heavy atom. The molecule has 1 aromatic rings. The summed E-state index contributed by atoms with van der Waals surface area (Å²) in [6.07, 6.45) is 0.873. The molecule has 0 radical (unpaired) electrons. The van der Waals surface area contributed by atoms with Gasteiger partial charge in [-0.25, -0.2) is 4.39 Å². The summed E-state index contributed by atoms with van der Waals surface area (Å²) in [5.41, 5.74) is 5.81. The third kappa shape index (κ3) is 3.42. The Hall–Kier alpha value is -1.78. The zero-order valence-electron chi connectivity index (χ0n) is 9.13. The van der Waals surface area contributed by atoms with Gasteiger partial charge < -0.3 is 15.8 Å². The van der Waals surface area contributed by atoms with Gasteiger partial charge in [0.15, 0.2) is 11.6 Å². The smallest absolute Gasteiger partial charge is 0.219 e. The number of benzene rings is 1. The largest absolute Gasteiger partial charge is 0.488 e. The van der Waals surface area contributed by atoms with Crippen LogP contribution in [0, 0.1) is 5.82 Å². The molecule has 3 N–H and O–H groups in total. The molecule has 4 nitrogen and oxygen atoms in total. The topological polar surface area (TPSA) is 64.3 Å². The molecule has 0 heterocycles. The second kappa shape index (κ2) is 5.95. The first-order valence-corrected chi connectivity index (χ1v) is 5.02. The van der Waals surface area contributed by atoms with Crippen molar-refractivity contribution in [3.8, 4) is 5.75 Å². The molecule has 0 aliphatic rings. The lowest BCUT2D eigenvalue weighted by molar-refractivity contribution is -0.120. The van der Waals surface area contributed by atoms with Crippen molar-refractivity contribution in [1.82, 2.24) is 5.32 Å². The van der Waals surface area contributed by atoms with E-state index in [1.807, 2.05) is 0 Å². The number of hydrogen-bond acceptors (Lipinski definition) is 3. The van der Waals surface area contributed by atoms with Gasteiger partial charge in [-0.2, -0.15) is 0 Å². The standard InChI is InChI=1S/C11H15FN2O2/c1-14-10(15)6-3-7-16-11-8(12)4-2-5-9(11)13/h2,4-5H,3,6-7,13H2,1H3,(H,14,15). The summed E-state index contributed by atoms with van der Waals surface area (Å²) in [4.78, 5) is 10.9. The van der Waals surface area contributed by atoms with E-state index in [1.54, 1.807) is 13.1 Å². The van der Waals surface area contributed by atoms with E-state index < -0.39 is 5.82 Å². The van der Waals surface area contributed by atoms with E-state index in [2.05, 4.69) is 5.32 Å². The highest BCUT2D eigenvalue weighted by atomic mass is 19.1. The van der Waals surface area contributed by atoms with Gasteiger partial charge >= 0.3 is 0 Å². The average molecular weight is 226 g/mol. The Balaban J connectivity index is 2.40. The summed E-state index contributed by atoms with van der Waals surface area (Å²) in [7, 11) is 1.57. The fraction of sp³-hybridized carbons (Fsp3) is 0.364. The van der Waals surface area contributed by atoms with Gasteiger partial charge in [-0.1, -0.05) is 6.07 Å². The van der Waals surface area contributed by atoms with E-state index in [0.29, 0.717) is 12.8 Å². The van der Waals surface area contributed by atoms with Crippen molar-refractivity contribution < 1.29 is 13.9 Å². The molecule has 1 rings (SSSR count). The van der Waals surface area contributed by atoms with E-state index in [0.717, 1.165) is 0 Å². The predicted molar refractivity (Wildman–Crippen MR) is 59.6 cm³/mol. The first-order chi connectivity index (χ1) is 7.65. The minimum Gasteiger partial charge on any atom is -0.488 e. The van der Waals surface area contributed by atoms with Crippen LogP contribution in [0.1, 0.15) is 12.8 Å². The number of ether oxygens (including phenoxy) is 1. The van der Waals surface area contributed by atoms with Gasteiger partial charge in [0.2, 0.25) is 5.91 Å². The molecule has 0 aromatic heterocycles. The zero-order valence-corrected chi connectivity index (χ0v) is 9.13. The maximum Gasteiger partial charge on any atom is 0.219 e. The number of hydrogen-bond donors (Lipinski definition) is 2. The lowest BCUT2D eigenvalue weighted by atomic mass is 10.3. The monoisotopic (exact) mass is 226 g/mol. The first kappa shape index (κ1) is 12.3. The number of halogens is 1. The summed E-state index contributed by atoms with van der Waals surface area (Å²) in [5, 5.41) is 2.49. The fourth-order valence-corrected chi connectivity index (χ4v) is 1.21. The fourth-order valence-electron chi connectivity index (χ4n) is 1.21. The van der Waals surface area contributed by atoms with Gasteiger partial charge in [0, 0.05) is 13.5 Å². The van der Waals surface area contributed by atoms with E-state index in [-0.39, 0.29) is 24.0 Å². The van der Waals surface area contributed by atoms with Crippen molar-refractivity contribution in [2.75, 3.05) is 19.4 Å². The van der Waals surface area contributed by atoms with Crippen LogP contribution in [0.25, 0.3) is 0 Å². The molecule has 0 saturated heterocycles. The minimum absolute atomic E-state index is 0.0550. The molecule has 0 saturated carbocycles. The number of rotatable bonds is 5. The Labute approximate surface area is 93.6 Å². The van der Waals surface area contributed by atoms with Crippen LogP contribution in [0.15, 0.2) is 18.2 Å². The quantitative estimate of drug-likeness (QED) is 0.587. The van der Waals surface area contributed by atoms with Gasteiger partial charge in [-0.3, -0.25) is 4.79 Å². The number of nitrogens with two attached hydrogens (primary N) is 1. The van der Waals surface area contributed by atoms with Gasteiger partial charge in [0.1, 0.15) is 0 Å². The molecule has 1 aromatic carbocycles. The van der Waals surface area contributed by atoms with Crippen molar-refractivity contribution in [3.63, 3.8) is 0 Å². The number of amides is 1. The Morgan fingerprint density at radius 1 is 1.56 bits per heavy atom. The number of carbonyl (C=O) groups excluding carboxylic acids is 1. The third-order valence-electron chi connectivity index (χ3n) is 2.07. The molecule has 0 bridgehead atoms. The normalized spacial score (nSPS) is 9.88. The van der Waals surface area contributed by atoms with Crippen molar-refractivity contribution in [2.45, 2.75) is 12.8 Å². The van der Waals surface area contributed by atoms with Gasteiger partial charge in [0.05, 0.1) is 12.3 Å². The van der Waals surface area contributed by atoms with Crippen molar-refractivity contribution in [2.24, 2.45) is 0 Å². The zero-order chi connectivity index (χ0) is 12.0. The third-order valence-corrected chi connectivity index (χ3v) is 2.07. The summed E-state index contributed by atoms with van der Waals surface area (Å²) in [5.74, 6) is -0.496. The highest BCUT2D eigenvalue weighted by Crippen LogP contribution is 2.24. The molecule has 1 amide bonds. The predicted octanol–water partition coefficient (Wildman–Crippen LogP) is 1.31.